The van der Waals surface area contributed by atoms with Crippen LogP contribution in [-0.2, 0) is 4.79 Å². The van der Waals surface area contributed by atoms with Crippen LogP contribution in [0, 0.1) is 5.82 Å². The number of carbonyl (C=O) groups excluding carboxylic acids is 1. The lowest BCUT2D eigenvalue weighted by atomic mass is 9.88. The van der Waals surface area contributed by atoms with E-state index in [0.717, 1.165) is 11.3 Å². The number of benzene rings is 2. The number of hydrogen-bond donors (Lipinski definition) is 2. The molecule has 3 aromatic rings. The highest BCUT2D eigenvalue weighted by atomic mass is 35.5. The Morgan fingerprint density at radius 2 is 1.89 bits per heavy atom. The minimum absolute atomic E-state index is 0.0631. The van der Waals surface area contributed by atoms with Crippen LogP contribution >= 0.6 is 22.9 Å². The summed E-state index contributed by atoms with van der Waals surface area (Å²) in [5, 5.41) is 13.0. The van der Waals surface area contributed by atoms with E-state index in [0.29, 0.717) is 32.3 Å². The normalized spacial score (nSPS) is 15.9. The lowest BCUT2D eigenvalue weighted by Gasteiger charge is -2.24. The first kappa shape index (κ1) is 17.7. The van der Waals surface area contributed by atoms with Crippen molar-refractivity contribution in [3.8, 4) is 11.1 Å². The molecule has 136 valence electrons. The molecule has 2 N–H and O–H groups in total. The van der Waals surface area contributed by atoms with Crippen LogP contribution in [-0.4, -0.2) is 17.0 Å². The summed E-state index contributed by atoms with van der Waals surface area (Å²) >= 11 is 7.01. The summed E-state index contributed by atoms with van der Waals surface area (Å²) in [6.45, 7) is 0. The van der Waals surface area contributed by atoms with Crippen molar-refractivity contribution in [3.63, 3.8) is 0 Å². The number of fused-ring (bicyclic) bond motifs is 1. The van der Waals surface area contributed by atoms with Crippen molar-refractivity contribution in [3.05, 3.63) is 74.7 Å². The van der Waals surface area contributed by atoms with Crippen LogP contribution in [0.25, 0.3) is 11.1 Å². The van der Waals surface area contributed by atoms with Crippen molar-refractivity contribution in [2.75, 3.05) is 5.32 Å². The smallest absolute Gasteiger partial charge is 0.346 e. The highest BCUT2D eigenvalue weighted by molar-refractivity contribution is 7.15. The van der Waals surface area contributed by atoms with E-state index in [1.54, 1.807) is 42.5 Å². The maximum Gasteiger partial charge on any atom is 0.346 e. The first-order valence-corrected chi connectivity index (χ1v) is 9.35. The quantitative estimate of drug-likeness (QED) is 0.619. The fraction of sp³-hybridized carbons (Fsp3) is 0.100. The van der Waals surface area contributed by atoms with Gasteiger partial charge in [0.15, 0.2) is 0 Å². The van der Waals surface area contributed by atoms with Crippen molar-refractivity contribution in [1.82, 2.24) is 0 Å². The first-order chi connectivity index (χ1) is 13.0. The number of rotatable bonds is 3. The second kappa shape index (κ2) is 6.79. The molecule has 0 aliphatic carbocycles. The van der Waals surface area contributed by atoms with Crippen molar-refractivity contribution in [2.24, 2.45) is 0 Å². The van der Waals surface area contributed by atoms with Gasteiger partial charge in [-0.2, -0.15) is 0 Å². The van der Waals surface area contributed by atoms with E-state index >= 15 is 0 Å². The fourth-order valence-electron chi connectivity index (χ4n) is 3.34. The molecule has 4 rings (SSSR count). The largest absolute Gasteiger partial charge is 0.477 e. The van der Waals surface area contributed by atoms with Crippen LogP contribution in [0.5, 0.6) is 0 Å². The summed E-state index contributed by atoms with van der Waals surface area (Å²) in [5.41, 5.74) is 1.87. The van der Waals surface area contributed by atoms with Gasteiger partial charge in [0.1, 0.15) is 10.7 Å². The van der Waals surface area contributed by atoms with Crippen LogP contribution in [0.4, 0.5) is 10.1 Å². The van der Waals surface area contributed by atoms with Gasteiger partial charge in [-0.1, -0.05) is 41.9 Å². The number of thiophene rings is 1. The van der Waals surface area contributed by atoms with E-state index in [1.807, 2.05) is 0 Å². The average molecular weight is 402 g/mol. The fourth-order valence-corrected chi connectivity index (χ4v) is 4.70. The predicted molar refractivity (Wildman–Crippen MR) is 103 cm³/mol. The summed E-state index contributed by atoms with van der Waals surface area (Å²) in [7, 11) is 0. The van der Waals surface area contributed by atoms with Gasteiger partial charge in [0, 0.05) is 27.8 Å². The second-order valence-corrected chi connectivity index (χ2v) is 7.67. The molecule has 1 aliphatic rings. The minimum atomic E-state index is -1.10. The van der Waals surface area contributed by atoms with Crippen LogP contribution in [0.3, 0.4) is 0 Å². The number of nitrogens with one attached hydrogen (secondary N) is 1. The average Bonchev–Trinajstić information content (AvgIpc) is 3.02. The zero-order valence-electron chi connectivity index (χ0n) is 13.8. The Hall–Kier alpha value is -2.70. The maximum atomic E-state index is 14.4. The van der Waals surface area contributed by atoms with Gasteiger partial charge in [0.25, 0.3) is 0 Å². The number of amides is 1. The molecule has 1 atom stereocenters. The van der Waals surface area contributed by atoms with E-state index in [-0.39, 0.29) is 17.2 Å². The molecular weight excluding hydrogens is 389 g/mol. The van der Waals surface area contributed by atoms with Gasteiger partial charge in [0.2, 0.25) is 5.91 Å². The molecule has 1 amide bonds. The molecule has 2 heterocycles. The molecule has 27 heavy (non-hydrogen) atoms. The number of hydrogen-bond acceptors (Lipinski definition) is 3. The number of aromatic carboxylic acids is 1. The van der Waals surface area contributed by atoms with Crippen LogP contribution in [0.15, 0.2) is 48.5 Å². The summed E-state index contributed by atoms with van der Waals surface area (Å²) in [6, 6.07) is 13.0. The third-order valence-corrected chi connectivity index (χ3v) is 6.06. The highest BCUT2D eigenvalue weighted by Gasteiger charge is 2.35. The molecule has 0 fully saturated rings. The standard InChI is InChI=1S/C20H13ClFNO3S/c21-11-7-5-10(6-8-11)16-17-18(27-19(16)20(25)26)13(9-15(24)23-17)12-3-1-2-4-14(12)22/h1-8,13H,9H2,(H,23,24)(H,25,26)/t13-/m0/s1. The van der Waals surface area contributed by atoms with E-state index in [2.05, 4.69) is 5.32 Å². The van der Waals surface area contributed by atoms with Crippen molar-refractivity contribution >= 4 is 40.5 Å². The van der Waals surface area contributed by atoms with E-state index in [9.17, 15) is 19.1 Å². The Balaban J connectivity index is 1.95. The third-order valence-electron chi connectivity index (χ3n) is 4.51. The van der Waals surface area contributed by atoms with E-state index < -0.39 is 17.7 Å². The van der Waals surface area contributed by atoms with Crippen molar-refractivity contribution < 1.29 is 19.1 Å². The molecule has 0 spiro atoms. The molecule has 7 heteroatoms. The maximum absolute atomic E-state index is 14.4. The Bertz CT molecular complexity index is 1060. The van der Waals surface area contributed by atoms with Crippen molar-refractivity contribution in [2.45, 2.75) is 12.3 Å². The van der Waals surface area contributed by atoms with Gasteiger partial charge in [-0.25, -0.2) is 9.18 Å². The van der Waals surface area contributed by atoms with Gasteiger partial charge in [-0.3, -0.25) is 4.79 Å². The van der Waals surface area contributed by atoms with Gasteiger partial charge in [-0.15, -0.1) is 11.3 Å². The Kier molecular flexibility index (Phi) is 4.45. The summed E-state index contributed by atoms with van der Waals surface area (Å²) < 4.78 is 14.4. The Morgan fingerprint density at radius 3 is 2.56 bits per heavy atom. The van der Waals surface area contributed by atoms with Gasteiger partial charge in [-0.05, 0) is 29.3 Å². The van der Waals surface area contributed by atoms with Gasteiger partial charge >= 0.3 is 5.97 Å². The number of halogens is 2. The molecule has 1 aliphatic heterocycles. The topological polar surface area (TPSA) is 66.4 Å². The van der Waals surface area contributed by atoms with Crippen molar-refractivity contribution in [1.29, 1.82) is 0 Å². The lowest BCUT2D eigenvalue weighted by Crippen LogP contribution is -2.23. The molecule has 0 saturated carbocycles. The summed E-state index contributed by atoms with van der Waals surface area (Å²) in [5.74, 6) is -2.32. The third kappa shape index (κ3) is 3.11. The molecular formula is C20H13ClFNO3S. The van der Waals surface area contributed by atoms with Crippen LogP contribution < -0.4 is 5.32 Å². The molecule has 1 aromatic heterocycles. The van der Waals surface area contributed by atoms with Gasteiger partial charge in [0.05, 0.1) is 5.69 Å². The second-order valence-electron chi connectivity index (χ2n) is 6.18. The molecule has 4 nitrogen and oxygen atoms in total. The molecule has 0 radical (unpaired) electrons. The number of carboxylic acids is 1. The summed E-state index contributed by atoms with van der Waals surface area (Å²) in [4.78, 5) is 25.0. The molecule has 0 unspecified atom stereocenters. The number of carboxylic acid groups (broad SMARTS) is 1. The molecule has 0 saturated heterocycles. The van der Waals surface area contributed by atoms with Crippen LogP contribution in [0.1, 0.15) is 32.5 Å². The predicted octanol–water partition coefficient (Wildman–Crippen LogP) is 5.38. The minimum Gasteiger partial charge on any atom is -0.477 e. The zero-order chi connectivity index (χ0) is 19.1. The Morgan fingerprint density at radius 1 is 1.19 bits per heavy atom. The van der Waals surface area contributed by atoms with E-state index in [1.165, 1.54) is 6.07 Å². The van der Waals surface area contributed by atoms with Gasteiger partial charge < -0.3 is 10.4 Å². The van der Waals surface area contributed by atoms with Crippen LogP contribution in [0.2, 0.25) is 5.02 Å². The lowest BCUT2D eigenvalue weighted by molar-refractivity contribution is -0.116. The Labute approximate surface area is 163 Å². The number of carbonyl (C=O) groups is 2. The summed E-state index contributed by atoms with van der Waals surface area (Å²) in [6.07, 6.45) is 0.0631. The molecule has 2 aromatic carbocycles. The monoisotopic (exact) mass is 401 g/mol. The first-order valence-electron chi connectivity index (χ1n) is 8.16. The highest BCUT2D eigenvalue weighted by Crippen LogP contribution is 2.49. The van der Waals surface area contributed by atoms with E-state index in [4.69, 9.17) is 11.6 Å². The number of anilines is 1. The SMILES string of the molecule is O=C1C[C@@H](c2ccccc2F)c2sc(C(=O)O)c(-c3ccc(Cl)cc3)c2N1. The molecule has 0 bridgehead atoms. The zero-order valence-corrected chi connectivity index (χ0v) is 15.4.